The van der Waals surface area contributed by atoms with E-state index in [1.54, 1.807) is 0 Å². The first-order chi connectivity index (χ1) is 9.69. The molecule has 2 aliphatic heterocycles. The Kier molecular flexibility index (Phi) is 5.85. The first-order valence-corrected chi connectivity index (χ1v) is 8.34. The lowest BCUT2D eigenvalue weighted by atomic mass is 9.86. The fraction of sp³-hybridized carbons (Fsp3) is 0.938. The molecule has 20 heavy (non-hydrogen) atoms. The molecular weight excluding hydrogens is 252 g/mol. The van der Waals surface area contributed by atoms with E-state index in [4.69, 9.17) is 4.74 Å². The molecule has 0 spiro atoms. The number of nitrogens with zero attached hydrogens (tertiary/aromatic N) is 1. The maximum atomic E-state index is 12.2. The van der Waals surface area contributed by atoms with Gasteiger partial charge in [0, 0.05) is 25.7 Å². The van der Waals surface area contributed by atoms with E-state index in [9.17, 15) is 4.79 Å². The van der Waals surface area contributed by atoms with E-state index in [0.717, 1.165) is 58.2 Å². The predicted molar refractivity (Wildman–Crippen MR) is 80.7 cm³/mol. The monoisotopic (exact) mass is 282 g/mol. The van der Waals surface area contributed by atoms with Crippen LogP contribution in [0.5, 0.6) is 0 Å². The van der Waals surface area contributed by atoms with Crippen molar-refractivity contribution in [1.82, 2.24) is 10.2 Å². The Bertz CT molecular complexity index is 310. The molecule has 0 bridgehead atoms. The number of rotatable bonds is 5. The molecule has 1 N–H and O–H groups in total. The first kappa shape index (κ1) is 15.8. The van der Waals surface area contributed by atoms with Gasteiger partial charge in [0.25, 0.3) is 0 Å². The van der Waals surface area contributed by atoms with E-state index >= 15 is 0 Å². The SMILES string of the molecule is CCC1(CC)CC(NCC(=O)N2CCCCC2)CCO1. The number of carbonyl (C=O) groups excluding carboxylic acids is 1. The summed E-state index contributed by atoms with van der Waals surface area (Å²) in [6.45, 7) is 7.60. The Labute approximate surface area is 123 Å². The van der Waals surface area contributed by atoms with E-state index in [2.05, 4.69) is 19.2 Å². The van der Waals surface area contributed by atoms with E-state index in [0.29, 0.717) is 12.6 Å². The van der Waals surface area contributed by atoms with E-state index in [-0.39, 0.29) is 11.5 Å². The fourth-order valence-electron chi connectivity index (χ4n) is 3.43. The van der Waals surface area contributed by atoms with Crippen LogP contribution in [-0.4, -0.2) is 48.7 Å². The summed E-state index contributed by atoms with van der Waals surface area (Å²) in [4.78, 5) is 14.2. The third kappa shape index (κ3) is 3.95. The molecule has 0 aromatic heterocycles. The maximum absolute atomic E-state index is 12.2. The third-order valence-electron chi connectivity index (χ3n) is 5.03. The van der Waals surface area contributed by atoms with Crippen molar-refractivity contribution in [2.75, 3.05) is 26.2 Å². The lowest BCUT2D eigenvalue weighted by Gasteiger charge is -2.40. The van der Waals surface area contributed by atoms with Crippen molar-refractivity contribution in [1.29, 1.82) is 0 Å². The van der Waals surface area contributed by atoms with E-state index < -0.39 is 0 Å². The summed E-state index contributed by atoms with van der Waals surface area (Å²) in [7, 11) is 0. The quantitative estimate of drug-likeness (QED) is 0.841. The lowest BCUT2D eigenvalue weighted by Crippen LogP contribution is -2.49. The topological polar surface area (TPSA) is 41.6 Å². The number of hydrogen-bond donors (Lipinski definition) is 1. The van der Waals surface area contributed by atoms with Crippen LogP contribution in [0.4, 0.5) is 0 Å². The van der Waals surface area contributed by atoms with Crippen molar-refractivity contribution >= 4 is 5.91 Å². The summed E-state index contributed by atoms with van der Waals surface area (Å²) in [6.07, 6.45) is 7.77. The summed E-state index contributed by atoms with van der Waals surface area (Å²) >= 11 is 0. The lowest BCUT2D eigenvalue weighted by molar-refractivity contribution is -0.132. The number of nitrogens with one attached hydrogen (secondary N) is 1. The van der Waals surface area contributed by atoms with Gasteiger partial charge in [-0.25, -0.2) is 0 Å². The average molecular weight is 282 g/mol. The van der Waals surface area contributed by atoms with Crippen LogP contribution in [0.1, 0.15) is 58.8 Å². The third-order valence-corrected chi connectivity index (χ3v) is 5.03. The molecule has 1 unspecified atom stereocenters. The Morgan fingerprint density at radius 3 is 2.60 bits per heavy atom. The van der Waals surface area contributed by atoms with Gasteiger partial charge < -0.3 is 15.0 Å². The zero-order valence-electron chi connectivity index (χ0n) is 13.1. The van der Waals surface area contributed by atoms with Gasteiger partial charge in [0.1, 0.15) is 0 Å². The summed E-state index contributed by atoms with van der Waals surface area (Å²) < 4.78 is 5.98. The Morgan fingerprint density at radius 1 is 1.25 bits per heavy atom. The second-order valence-corrected chi connectivity index (χ2v) is 6.25. The summed E-state index contributed by atoms with van der Waals surface area (Å²) in [6, 6.07) is 0.428. The predicted octanol–water partition coefficient (Wildman–Crippen LogP) is 2.33. The van der Waals surface area contributed by atoms with E-state index in [1.807, 2.05) is 4.90 Å². The maximum Gasteiger partial charge on any atom is 0.236 e. The number of carbonyl (C=O) groups is 1. The smallest absolute Gasteiger partial charge is 0.236 e. The summed E-state index contributed by atoms with van der Waals surface area (Å²) in [5.74, 6) is 0.273. The first-order valence-electron chi connectivity index (χ1n) is 8.34. The largest absolute Gasteiger partial charge is 0.375 e. The number of likely N-dealkylation sites (tertiary alicyclic amines) is 1. The highest BCUT2D eigenvalue weighted by Gasteiger charge is 2.34. The molecule has 2 heterocycles. The van der Waals surface area contributed by atoms with Crippen LogP contribution in [0.25, 0.3) is 0 Å². The van der Waals surface area contributed by atoms with Gasteiger partial charge in [-0.2, -0.15) is 0 Å². The normalized spacial score (nSPS) is 26.5. The van der Waals surface area contributed by atoms with Gasteiger partial charge in [-0.05, 0) is 44.9 Å². The van der Waals surface area contributed by atoms with Gasteiger partial charge in [-0.1, -0.05) is 13.8 Å². The molecule has 0 aliphatic carbocycles. The van der Waals surface area contributed by atoms with Gasteiger partial charge >= 0.3 is 0 Å². The zero-order chi connectivity index (χ0) is 14.4. The van der Waals surface area contributed by atoms with Gasteiger partial charge in [0.2, 0.25) is 5.91 Å². The second kappa shape index (κ2) is 7.41. The summed E-state index contributed by atoms with van der Waals surface area (Å²) in [5.41, 5.74) is 0.0318. The number of piperidine rings is 1. The molecule has 4 nitrogen and oxygen atoms in total. The molecule has 2 saturated heterocycles. The highest BCUT2D eigenvalue weighted by Crippen LogP contribution is 2.31. The zero-order valence-corrected chi connectivity index (χ0v) is 13.1. The Balaban J connectivity index is 1.76. The summed E-state index contributed by atoms with van der Waals surface area (Å²) in [5, 5.41) is 3.47. The molecule has 0 saturated carbocycles. The van der Waals surface area contributed by atoms with Crippen molar-refractivity contribution in [2.24, 2.45) is 0 Å². The van der Waals surface area contributed by atoms with Crippen molar-refractivity contribution in [3.63, 3.8) is 0 Å². The Hall–Kier alpha value is -0.610. The number of amides is 1. The fourth-order valence-corrected chi connectivity index (χ4v) is 3.43. The van der Waals surface area contributed by atoms with Crippen LogP contribution in [0.2, 0.25) is 0 Å². The molecular formula is C16H30N2O2. The molecule has 116 valence electrons. The highest BCUT2D eigenvalue weighted by molar-refractivity contribution is 5.78. The molecule has 2 fully saturated rings. The van der Waals surface area contributed by atoms with Crippen molar-refractivity contribution < 1.29 is 9.53 Å². The van der Waals surface area contributed by atoms with Crippen molar-refractivity contribution in [3.05, 3.63) is 0 Å². The number of ether oxygens (including phenoxy) is 1. The molecule has 4 heteroatoms. The van der Waals surface area contributed by atoms with Crippen LogP contribution in [-0.2, 0) is 9.53 Å². The van der Waals surface area contributed by atoms with Gasteiger partial charge in [-0.15, -0.1) is 0 Å². The average Bonchev–Trinajstić information content (AvgIpc) is 2.53. The van der Waals surface area contributed by atoms with Gasteiger partial charge in [0.05, 0.1) is 12.1 Å². The minimum atomic E-state index is 0.0318. The standard InChI is InChI=1S/C16H30N2O2/c1-3-16(4-2)12-14(8-11-20-16)17-13-15(19)18-9-6-5-7-10-18/h14,17H,3-13H2,1-2H3. The molecule has 1 amide bonds. The van der Waals surface area contributed by atoms with E-state index in [1.165, 1.54) is 6.42 Å². The molecule has 2 aliphatic rings. The number of hydrogen-bond acceptors (Lipinski definition) is 3. The van der Waals surface area contributed by atoms with Crippen molar-refractivity contribution in [3.8, 4) is 0 Å². The minimum absolute atomic E-state index is 0.0318. The van der Waals surface area contributed by atoms with Gasteiger partial charge in [-0.3, -0.25) is 4.79 Å². The molecule has 1 atom stereocenters. The van der Waals surface area contributed by atoms with Crippen molar-refractivity contribution in [2.45, 2.75) is 70.4 Å². The second-order valence-electron chi connectivity index (χ2n) is 6.25. The van der Waals surface area contributed by atoms with Crippen LogP contribution >= 0.6 is 0 Å². The molecule has 2 rings (SSSR count). The highest BCUT2D eigenvalue weighted by atomic mass is 16.5. The van der Waals surface area contributed by atoms with Crippen LogP contribution in [0.15, 0.2) is 0 Å². The molecule has 0 radical (unpaired) electrons. The Morgan fingerprint density at radius 2 is 1.95 bits per heavy atom. The molecule has 0 aromatic rings. The molecule has 0 aromatic carbocycles. The van der Waals surface area contributed by atoms with Crippen LogP contribution < -0.4 is 5.32 Å². The van der Waals surface area contributed by atoms with Crippen LogP contribution in [0, 0.1) is 0 Å². The van der Waals surface area contributed by atoms with Gasteiger partial charge in [0.15, 0.2) is 0 Å². The minimum Gasteiger partial charge on any atom is -0.375 e. The van der Waals surface area contributed by atoms with Crippen LogP contribution in [0.3, 0.4) is 0 Å².